The number of carbonyl (C=O) groups is 2. The zero-order valence-electron chi connectivity index (χ0n) is 12.9. The SMILES string of the molecule is CCOC(=O)C1Cc2ccccc2CN1C(=O)c1ccccn1. The zero-order valence-corrected chi connectivity index (χ0v) is 12.9. The molecule has 2 aromatic rings. The fraction of sp³-hybridized carbons (Fsp3) is 0.278. The second kappa shape index (κ2) is 6.60. The van der Waals surface area contributed by atoms with E-state index in [0.29, 0.717) is 25.3 Å². The molecule has 1 unspecified atom stereocenters. The van der Waals surface area contributed by atoms with Crippen LogP contribution in [0.5, 0.6) is 0 Å². The topological polar surface area (TPSA) is 59.5 Å². The number of hydrogen-bond donors (Lipinski definition) is 0. The number of esters is 1. The summed E-state index contributed by atoms with van der Waals surface area (Å²) in [5, 5.41) is 0. The van der Waals surface area contributed by atoms with E-state index in [2.05, 4.69) is 4.98 Å². The normalized spacial score (nSPS) is 16.6. The smallest absolute Gasteiger partial charge is 0.329 e. The van der Waals surface area contributed by atoms with Crippen LogP contribution in [0.4, 0.5) is 0 Å². The van der Waals surface area contributed by atoms with Crippen molar-refractivity contribution >= 4 is 11.9 Å². The summed E-state index contributed by atoms with van der Waals surface area (Å²) in [5.41, 5.74) is 2.47. The molecule has 1 aromatic heterocycles. The maximum absolute atomic E-state index is 12.8. The molecule has 3 rings (SSSR count). The summed E-state index contributed by atoms with van der Waals surface area (Å²) in [6.45, 7) is 2.44. The van der Waals surface area contributed by atoms with Gasteiger partial charge in [0.05, 0.1) is 6.61 Å². The molecule has 1 atom stereocenters. The Labute approximate surface area is 134 Å². The first kappa shape index (κ1) is 15.2. The number of rotatable bonds is 3. The van der Waals surface area contributed by atoms with Crippen molar-refractivity contribution in [3.8, 4) is 0 Å². The van der Waals surface area contributed by atoms with Gasteiger partial charge < -0.3 is 9.64 Å². The molecule has 1 amide bonds. The van der Waals surface area contributed by atoms with Gasteiger partial charge in [-0.1, -0.05) is 30.3 Å². The predicted octanol–water partition coefficient (Wildman–Crippen LogP) is 2.21. The largest absolute Gasteiger partial charge is 0.464 e. The van der Waals surface area contributed by atoms with Gasteiger partial charge in [-0.3, -0.25) is 9.78 Å². The van der Waals surface area contributed by atoms with Crippen molar-refractivity contribution in [2.75, 3.05) is 6.61 Å². The number of benzene rings is 1. The molecule has 0 saturated heterocycles. The summed E-state index contributed by atoms with van der Waals surface area (Å²) in [7, 11) is 0. The maximum atomic E-state index is 12.8. The van der Waals surface area contributed by atoms with E-state index < -0.39 is 6.04 Å². The fourth-order valence-corrected chi connectivity index (χ4v) is 2.82. The van der Waals surface area contributed by atoms with Crippen LogP contribution in [0.1, 0.15) is 28.5 Å². The molecule has 0 bridgehead atoms. The molecule has 0 spiro atoms. The summed E-state index contributed by atoms with van der Waals surface area (Å²) in [6.07, 6.45) is 2.04. The van der Waals surface area contributed by atoms with Crippen molar-refractivity contribution in [2.45, 2.75) is 25.9 Å². The van der Waals surface area contributed by atoms with Crippen LogP contribution in [0.3, 0.4) is 0 Å². The third kappa shape index (κ3) is 3.08. The monoisotopic (exact) mass is 310 g/mol. The van der Waals surface area contributed by atoms with Crippen LogP contribution in [0.15, 0.2) is 48.7 Å². The van der Waals surface area contributed by atoms with E-state index in [0.717, 1.165) is 11.1 Å². The standard InChI is InChI=1S/C18H18N2O3/c1-2-23-18(22)16-11-13-7-3-4-8-14(13)12-20(16)17(21)15-9-5-6-10-19-15/h3-10,16H,2,11-12H2,1H3. The van der Waals surface area contributed by atoms with E-state index in [9.17, 15) is 9.59 Å². The molecule has 1 aromatic carbocycles. The average Bonchev–Trinajstić information content (AvgIpc) is 2.61. The van der Waals surface area contributed by atoms with Crippen LogP contribution in [-0.2, 0) is 22.5 Å². The summed E-state index contributed by atoms with van der Waals surface area (Å²) >= 11 is 0. The zero-order chi connectivity index (χ0) is 16.2. The van der Waals surface area contributed by atoms with Crippen molar-refractivity contribution in [2.24, 2.45) is 0 Å². The van der Waals surface area contributed by atoms with Crippen molar-refractivity contribution in [1.82, 2.24) is 9.88 Å². The Morgan fingerprint density at radius 3 is 2.61 bits per heavy atom. The summed E-state index contributed by atoms with van der Waals surface area (Å²) in [6, 6.07) is 12.4. The third-order valence-electron chi connectivity index (χ3n) is 3.95. The van der Waals surface area contributed by atoms with Gasteiger partial charge in [0.1, 0.15) is 11.7 Å². The highest BCUT2D eigenvalue weighted by Crippen LogP contribution is 2.25. The molecule has 0 aliphatic carbocycles. The van der Waals surface area contributed by atoms with Gasteiger partial charge in [0.2, 0.25) is 0 Å². The number of nitrogens with zero attached hydrogens (tertiary/aromatic N) is 2. The lowest BCUT2D eigenvalue weighted by Gasteiger charge is -2.35. The number of carbonyl (C=O) groups excluding carboxylic acids is 2. The van der Waals surface area contributed by atoms with Gasteiger partial charge in [-0.15, -0.1) is 0 Å². The van der Waals surface area contributed by atoms with Crippen molar-refractivity contribution in [3.63, 3.8) is 0 Å². The molecule has 0 saturated carbocycles. The van der Waals surface area contributed by atoms with E-state index >= 15 is 0 Å². The van der Waals surface area contributed by atoms with Crippen molar-refractivity contribution in [3.05, 3.63) is 65.5 Å². The number of aromatic nitrogens is 1. The molecule has 1 aliphatic heterocycles. The van der Waals surface area contributed by atoms with Crippen LogP contribution in [0.25, 0.3) is 0 Å². The van der Waals surface area contributed by atoms with E-state index in [1.165, 1.54) is 0 Å². The van der Waals surface area contributed by atoms with Crippen molar-refractivity contribution < 1.29 is 14.3 Å². The Hall–Kier alpha value is -2.69. The highest BCUT2D eigenvalue weighted by molar-refractivity contribution is 5.95. The molecule has 0 N–H and O–H groups in total. The van der Waals surface area contributed by atoms with Crippen LogP contribution >= 0.6 is 0 Å². The maximum Gasteiger partial charge on any atom is 0.329 e. The quantitative estimate of drug-likeness (QED) is 0.816. The fourth-order valence-electron chi connectivity index (χ4n) is 2.82. The number of amides is 1. The molecule has 2 heterocycles. The number of pyridine rings is 1. The van der Waals surface area contributed by atoms with Gasteiger partial charge in [0, 0.05) is 19.2 Å². The van der Waals surface area contributed by atoms with E-state index in [1.807, 2.05) is 24.3 Å². The minimum absolute atomic E-state index is 0.252. The first-order chi connectivity index (χ1) is 11.2. The summed E-state index contributed by atoms with van der Waals surface area (Å²) < 4.78 is 5.16. The van der Waals surface area contributed by atoms with Crippen LogP contribution < -0.4 is 0 Å². The highest BCUT2D eigenvalue weighted by Gasteiger charge is 2.36. The molecule has 118 valence electrons. The van der Waals surface area contributed by atoms with Crippen LogP contribution in [0.2, 0.25) is 0 Å². The average molecular weight is 310 g/mol. The van der Waals surface area contributed by atoms with Crippen molar-refractivity contribution in [1.29, 1.82) is 0 Å². The van der Waals surface area contributed by atoms with Gasteiger partial charge in [0.15, 0.2) is 0 Å². The molecule has 0 radical (unpaired) electrons. The molecule has 5 nitrogen and oxygen atoms in total. The van der Waals surface area contributed by atoms with Gasteiger partial charge >= 0.3 is 5.97 Å². The highest BCUT2D eigenvalue weighted by atomic mass is 16.5. The van der Waals surface area contributed by atoms with E-state index in [-0.39, 0.29) is 11.9 Å². The Morgan fingerprint density at radius 2 is 1.91 bits per heavy atom. The van der Waals surface area contributed by atoms with Gasteiger partial charge in [-0.25, -0.2) is 4.79 Å². The van der Waals surface area contributed by atoms with Crippen LogP contribution in [0, 0.1) is 0 Å². The van der Waals surface area contributed by atoms with E-state index in [1.54, 1.807) is 36.2 Å². The van der Waals surface area contributed by atoms with Gasteiger partial charge in [0.25, 0.3) is 5.91 Å². The minimum Gasteiger partial charge on any atom is -0.464 e. The number of hydrogen-bond acceptors (Lipinski definition) is 4. The third-order valence-corrected chi connectivity index (χ3v) is 3.95. The molecule has 5 heteroatoms. The molecular weight excluding hydrogens is 292 g/mol. The van der Waals surface area contributed by atoms with Gasteiger partial charge in [-0.2, -0.15) is 0 Å². The Kier molecular flexibility index (Phi) is 4.37. The summed E-state index contributed by atoms with van der Waals surface area (Å²) in [5.74, 6) is -0.621. The lowest BCUT2D eigenvalue weighted by Crippen LogP contribution is -2.49. The summed E-state index contributed by atoms with van der Waals surface area (Å²) in [4.78, 5) is 30.8. The van der Waals surface area contributed by atoms with Crippen LogP contribution in [-0.4, -0.2) is 34.4 Å². The molecule has 0 fully saturated rings. The minimum atomic E-state index is -0.612. The Balaban J connectivity index is 1.94. The predicted molar refractivity (Wildman–Crippen MR) is 84.7 cm³/mol. The first-order valence-electron chi connectivity index (χ1n) is 7.66. The van der Waals surface area contributed by atoms with E-state index in [4.69, 9.17) is 4.74 Å². The number of fused-ring (bicyclic) bond motifs is 1. The molecular formula is C18H18N2O3. The Morgan fingerprint density at radius 1 is 1.17 bits per heavy atom. The van der Waals surface area contributed by atoms with Gasteiger partial charge in [-0.05, 0) is 30.2 Å². The lowest BCUT2D eigenvalue weighted by molar-refractivity contribution is -0.149. The second-order valence-electron chi connectivity index (χ2n) is 5.39. The molecule has 23 heavy (non-hydrogen) atoms. The number of ether oxygens (including phenoxy) is 1. The first-order valence-corrected chi connectivity index (χ1v) is 7.66. The second-order valence-corrected chi connectivity index (χ2v) is 5.39. The molecule has 1 aliphatic rings. The lowest BCUT2D eigenvalue weighted by atomic mass is 9.93. The Bertz CT molecular complexity index is 715.